The van der Waals surface area contributed by atoms with Gasteiger partial charge in [0.05, 0.1) is 11.4 Å². The molecule has 0 unspecified atom stereocenters. The molecule has 1 aromatic rings. The maximum absolute atomic E-state index is 6.08. The lowest BCUT2D eigenvalue weighted by Gasteiger charge is -2.34. The summed E-state index contributed by atoms with van der Waals surface area (Å²) in [7, 11) is 0. The van der Waals surface area contributed by atoms with E-state index >= 15 is 0 Å². The topological polar surface area (TPSA) is 65.7 Å². The summed E-state index contributed by atoms with van der Waals surface area (Å²) in [6.45, 7) is 6.03. The van der Waals surface area contributed by atoms with E-state index in [4.69, 9.17) is 19.9 Å². The highest BCUT2D eigenvalue weighted by Gasteiger charge is 2.27. The van der Waals surface area contributed by atoms with Gasteiger partial charge in [-0.1, -0.05) is 6.92 Å². The van der Waals surface area contributed by atoms with Gasteiger partial charge in [-0.2, -0.15) is 0 Å². The van der Waals surface area contributed by atoms with Gasteiger partial charge in [0.2, 0.25) is 0 Å². The number of anilines is 2. The van der Waals surface area contributed by atoms with Crippen molar-refractivity contribution in [2.75, 3.05) is 44.0 Å². The summed E-state index contributed by atoms with van der Waals surface area (Å²) in [6.07, 6.45) is 2.15. The van der Waals surface area contributed by atoms with Crippen LogP contribution in [-0.2, 0) is 4.74 Å². The summed E-state index contributed by atoms with van der Waals surface area (Å²) < 4.78 is 16.5. The SMILES string of the molecule is CC1(CNc2cc3c(cc2N)OCCO3)CCOCC1. The third kappa shape index (κ3) is 2.77. The van der Waals surface area contributed by atoms with Crippen LogP contribution in [0, 0.1) is 5.41 Å². The zero-order chi connectivity index (χ0) is 14.0. The lowest BCUT2D eigenvalue weighted by molar-refractivity contribution is 0.0300. The van der Waals surface area contributed by atoms with Crippen molar-refractivity contribution in [2.45, 2.75) is 19.8 Å². The molecular formula is C15H22N2O3. The Hall–Kier alpha value is -1.62. The number of rotatable bonds is 3. The number of hydrogen-bond donors (Lipinski definition) is 2. The second-order valence-corrected chi connectivity index (χ2v) is 5.86. The molecule has 0 bridgehead atoms. The maximum atomic E-state index is 6.08. The zero-order valence-electron chi connectivity index (χ0n) is 11.9. The lowest BCUT2D eigenvalue weighted by Crippen LogP contribution is -2.33. The number of hydrogen-bond acceptors (Lipinski definition) is 5. The second kappa shape index (κ2) is 5.40. The fourth-order valence-electron chi connectivity index (χ4n) is 2.61. The van der Waals surface area contributed by atoms with Crippen LogP contribution >= 0.6 is 0 Å². The summed E-state index contributed by atoms with van der Waals surface area (Å²) in [4.78, 5) is 0. The highest BCUT2D eigenvalue weighted by molar-refractivity contribution is 5.72. The van der Waals surface area contributed by atoms with Crippen LogP contribution in [0.5, 0.6) is 11.5 Å². The average molecular weight is 278 g/mol. The molecule has 0 saturated carbocycles. The highest BCUT2D eigenvalue weighted by atomic mass is 16.6. The maximum Gasteiger partial charge on any atom is 0.163 e. The summed E-state index contributed by atoms with van der Waals surface area (Å²) in [5, 5.41) is 3.46. The summed E-state index contributed by atoms with van der Waals surface area (Å²) >= 11 is 0. The third-order valence-corrected chi connectivity index (χ3v) is 4.12. The van der Waals surface area contributed by atoms with Crippen LogP contribution in [0.2, 0.25) is 0 Å². The highest BCUT2D eigenvalue weighted by Crippen LogP contribution is 2.38. The van der Waals surface area contributed by atoms with Crippen molar-refractivity contribution in [3.05, 3.63) is 12.1 Å². The Morgan fingerprint density at radius 2 is 1.75 bits per heavy atom. The molecule has 2 heterocycles. The smallest absolute Gasteiger partial charge is 0.163 e. The molecule has 5 heteroatoms. The Labute approximate surface area is 119 Å². The normalized spacial score (nSPS) is 20.4. The van der Waals surface area contributed by atoms with E-state index in [2.05, 4.69) is 12.2 Å². The minimum atomic E-state index is 0.262. The van der Waals surface area contributed by atoms with Gasteiger partial charge in [-0.05, 0) is 18.3 Å². The second-order valence-electron chi connectivity index (χ2n) is 5.86. The van der Waals surface area contributed by atoms with Gasteiger partial charge in [-0.15, -0.1) is 0 Å². The van der Waals surface area contributed by atoms with Gasteiger partial charge in [0.1, 0.15) is 13.2 Å². The van der Waals surface area contributed by atoms with Crippen LogP contribution in [-0.4, -0.2) is 33.0 Å². The minimum absolute atomic E-state index is 0.262. The van der Waals surface area contributed by atoms with Crippen LogP contribution in [0.1, 0.15) is 19.8 Å². The van der Waals surface area contributed by atoms with Crippen LogP contribution in [0.25, 0.3) is 0 Å². The Kier molecular flexibility index (Phi) is 3.61. The van der Waals surface area contributed by atoms with Gasteiger partial charge in [-0.25, -0.2) is 0 Å². The van der Waals surface area contributed by atoms with E-state index in [1.807, 2.05) is 12.1 Å². The molecule has 20 heavy (non-hydrogen) atoms. The van der Waals surface area contributed by atoms with Crippen molar-refractivity contribution in [1.82, 2.24) is 0 Å². The van der Waals surface area contributed by atoms with Gasteiger partial charge in [-0.3, -0.25) is 0 Å². The van der Waals surface area contributed by atoms with E-state index < -0.39 is 0 Å². The van der Waals surface area contributed by atoms with E-state index in [1.54, 1.807) is 0 Å². The van der Waals surface area contributed by atoms with Crippen molar-refractivity contribution in [2.24, 2.45) is 5.41 Å². The first-order chi connectivity index (χ1) is 9.66. The van der Waals surface area contributed by atoms with Crippen molar-refractivity contribution < 1.29 is 14.2 Å². The van der Waals surface area contributed by atoms with E-state index in [0.717, 1.165) is 49.8 Å². The van der Waals surface area contributed by atoms with Crippen LogP contribution in [0.15, 0.2) is 12.1 Å². The summed E-state index contributed by atoms with van der Waals surface area (Å²) in [5.74, 6) is 1.50. The molecule has 2 aliphatic rings. The quantitative estimate of drug-likeness (QED) is 0.830. The molecule has 3 rings (SSSR count). The van der Waals surface area contributed by atoms with Gasteiger partial charge >= 0.3 is 0 Å². The van der Waals surface area contributed by atoms with E-state index in [1.165, 1.54) is 0 Å². The Morgan fingerprint density at radius 1 is 1.10 bits per heavy atom. The van der Waals surface area contributed by atoms with E-state index in [9.17, 15) is 0 Å². The van der Waals surface area contributed by atoms with Crippen LogP contribution in [0.3, 0.4) is 0 Å². The molecule has 1 saturated heterocycles. The molecule has 0 spiro atoms. The Bertz CT molecular complexity index is 484. The van der Waals surface area contributed by atoms with Crippen LogP contribution in [0.4, 0.5) is 11.4 Å². The number of benzene rings is 1. The predicted octanol–water partition coefficient (Wildman–Crippen LogP) is 2.27. The molecule has 1 fully saturated rings. The molecule has 110 valence electrons. The van der Waals surface area contributed by atoms with Gasteiger partial charge in [0.15, 0.2) is 11.5 Å². The number of nitrogens with one attached hydrogen (secondary N) is 1. The molecule has 0 aliphatic carbocycles. The molecule has 3 N–H and O–H groups in total. The summed E-state index contributed by atoms with van der Waals surface area (Å²) in [5.41, 5.74) is 7.96. The average Bonchev–Trinajstić information content (AvgIpc) is 2.46. The first-order valence-corrected chi connectivity index (χ1v) is 7.17. The van der Waals surface area contributed by atoms with Crippen molar-refractivity contribution in [3.63, 3.8) is 0 Å². The molecule has 0 aromatic heterocycles. The number of nitrogen functional groups attached to an aromatic ring is 1. The van der Waals surface area contributed by atoms with Crippen molar-refractivity contribution >= 4 is 11.4 Å². The van der Waals surface area contributed by atoms with Crippen LogP contribution < -0.4 is 20.5 Å². The number of fused-ring (bicyclic) bond motifs is 1. The van der Waals surface area contributed by atoms with Gasteiger partial charge in [0, 0.05) is 31.9 Å². The molecule has 0 radical (unpaired) electrons. The molecular weight excluding hydrogens is 256 g/mol. The summed E-state index contributed by atoms with van der Waals surface area (Å²) in [6, 6.07) is 3.77. The molecule has 1 aromatic carbocycles. The van der Waals surface area contributed by atoms with Gasteiger partial charge < -0.3 is 25.3 Å². The van der Waals surface area contributed by atoms with Crippen molar-refractivity contribution in [1.29, 1.82) is 0 Å². The monoisotopic (exact) mass is 278 g/mol. The Morgan fingerprint density at radius 3 is 2.45 bits per heavy atom. The van der Waals surface area contributed by atoms with Crippen molar-refractivity contribution in [3.8, 4) is 11.5 Å². The molecule has 0 amide bonds. The zero-order valence-corrected chi connectivity index (χ0v) is 11.9. The standard InChI is InChI=1S/C15H22N2O3/c1-15(2-4-18-5-3-15)10-17-12-9-14-13(8-11(12)16)19-6-7-20-14/h8-9,17H,2-7,10,16H2,1H3. The first kappa shape index (κ1) is 13.4. The van der Waals surface area contributed by atoms with Gasteiger partial charge in [0.25, 0.3) is 0 Å². The molecule has 0 atom stereocenters. The number of ether oxygens (including phenoxy) is 3. The minimum Gasteiger partial charge on any atom is -0.486 e. The number of nitrogens with two attached hydrogens (primary N) is 1. The predicted molar refractivity (Wildman–Crippen MR) is 78.5 cm³/mol. The lowest BCUT2D eigenvalue weighted by atomic mass is 9.82. The largest absolute Gasteiger partial charge is 0.486 e. The third-order valence-electron chi connectivity index (χ3n) is 4.12. The van der Waals surface area contributed by atoms with E-state index in [0.29, 0.717) is 18.9 Å². The fourth-order valence-corrected chi connectivity index (χ4v) is 2.61. The molecule has 5 nitrogen and oxygen atoms in total. The first-order valence-electron chi connectivity index (χ1n) is 7.17. The molecule has 2 aliphatic heterocycles. The van der Waals surface area contributed by atoms with E-state index in [-0.39, 0.29) is 5.41 Å². The fraction of sp³-hybridized carbons (Fsp3) is 0.600. The Balaban J connectivity index is 1.70.